The molecule has 0 radical (unpaired) electrons. The zero-order valence-electron chi connectivity index (χ0n) is 25.6. The van der Waals surface area contributed by atoms with E-state index in [0.717, 1.165) is 22.2 Å². The van der Waals surface area contributed by atoms with Gasteiger partial charge in [0.2, 0.25) is 0 Å². The molecule has 3 aromatic carbocycles. The third kappa shape index (κ3) is 10.0. The Hall–Kier alpha value is -5.56. The molecule has 0 saturated carbocycles. The van der Waals surface area contributed by atoms with Crippen LogP contribution in [0.15, 0.2) is 119 Å². The number of pyridine rings is 1. The number of nitrogens with two attached hydrogens (primary N) is 1. The Balaban J connectivity index is 0.000000392. The molecule has 6 rings (SSSR count). The summed E-state index contributed by atoms with van der Waals surface area (Å²) in [4.78, 5) is 24.7. The largest absolute Gasteiger partial charge is 0.424 e. The number of urea groups is 1. The van der Waals surface area contributed by atoms with Crippen LogP contribution in [0.4, 0.5) is 35.2 Å². The maximum atomic E-state index is 13.3. The van der Waals surface area contributed by atoms with Gasteiger partial charge in [0.1, 0.15) is 11.6 Å². The van der Waals surface area contributed by atoms with Crippen LogP contribution in [0, 0.1) is 0 Å². The smallest absolute Gasteiger partial charge is 0.416 e. The molecule has 3 aromatic heterocycles. The van der Waals surface area contributed by atoms with Crippen molar-refractivity contribution in [3.63, 3.8) is 0 Å². The van der Waals surface area contributed by atoms with Gasteiger partial charge in [0.25, 0.3) is 10.1 Å². The predicted octanol–water partition coefficient (Wildman–Crippen LogP) is 8.11. The highest BCUT2D eigenvalue weighted by molar-refractivity contribution is 9.10. The summed E-state index contributed by atoms with van der Waals surface area (Å²) in [5, 5.41) is 9.37. The molecule has 0 bridgehead atoms. The van der Waals surface area contributed by atoms with Crippen LogP contribution in [0.5, 0.6) is 11.8 Å². The predicted molar refractivity (Wildman–Crippen MR) is 186 cm³/mol. The van der Waals surface area contributed by atoms with E-state index >= 15 is 0 Å². The Morgan fingerprint density at radius 2 is 1.63 bits per heavy atom. The van der Waals surface area contributed by atoms with Crippen molar-refractivity contribution in [2.24, 2.45) is 0 Å². The van der Waals surface area contributed by atoms with Crippen molar-refractivity contribution in [3.05, 3.63) is 125 Å². The van der Waals surface area contributed by atoms with Crippen LogP contribution in [-0.4, -0.2) is 43.7 Å². The Bertz CT molecular complexity index is 2250. The minimum atomic E-state index is -4.60. The number of ether oxygens (including phenoxy) is 1. The lowest BCUT2D eigenvalue weighted by molar-refractivity contribution is -0.137. The molecule has 0 spiro atoms. The average Bonchev–Trinajstić information content (AvgIpc) is 3.62. The second-order valence-corrected chi connectivity index (χ2v) is 12.9. The van der Waals surface area contributed by atoms with Crippen molar-refractivity contribution < 1.29 is 35.7 Å². The molecule has 262 valence electrons. The lowest BCUT2D eigenvalue weighted by Crippen LogP contribution is -2.21. The summed E-state index contributed by atoms with van der Waals surface area (Å²) >= 11 is 9.14. The van der Waals surface area contributed by atoms with Gasteiger partial charge in [0.05, 0.1) is 44.9 Å². The molecule has 0 fully saturated rings. The van der Waals surface area contributed by atoms with E-state index in [-0.39, 0.29) is 28.0 Å². The third-order valence-electron chi connectivity index (χ3n) is 6.58. The van der Waals surface area contributed by atoms with E-state index in [4.69, 9.17) is 26.6 Å². The fraction of sp³-hybridized carbons (Fsp3) is 0.0312. The molecule has 13 nitrogen and oxygen atoms in total. The number of alkyl halides is 3. The lowest BCUT2D eigenvalue weighted by Gasteiger charge is -2.15. The maximum Gasteiger partial charge on any atom is 0.416 e. The maximum absolute atomic E-state index is 13.3. The topological polar surface area (TPSA) is 187 Å². The first kappa shape index (κ1) is 36.7. The number of nitrogens with one attached hydrogen (secondary N) is 2. The lowest BCUT2D eigenvalue weighted by atomic mass is 10.1. The van der Waals surface area contributed by atoms with E-state index in [1.54, 1.807) is 48.5 Å². The van der Waals surface area contributed by atoms with Gasteiger partial charge in [-0.15, -0.1) is 0 Å². The summed E-state index contributed by atoms with van der Waals surface area (Å²) < 4.78 is 77.0. The summed E-state index contributed by atoms with van der Waals surface area (Å²) in [5.41, 5.74) is 6.77. The van der Waals surface area contributed by atoms with Gasteiger partial charge >= 0.3 is 18.2 Å². The van der Waals surface area contributed by atoms with E-state index in [0.29, 0.717) is 22.2 Å². The minimum Gasteiger partial charge on any atom is -0.424 e. The average molecular weight is 804 g/mol. The van der Waals surface area contributed by atoms with Gasteiger partial charge in [-0.25, -0.2) is 24.4 Å². The monoisotopic (exact) mass is 802 g/mol. The molecule has 0 saturated heterocycles. The minimum absolute atomic E-state index is 0.00138. The van der Waals surface area contributed by atoms with E-state index in [2.05, 4.69) is 46.6 Å². The first-order valence-electron chi connectivity index (χ1n) is 14.2. The van der Waals surface area contributed by atoms with Gasteiger partial charge in [0.15, 0.2) is 0 Å². The molecule has 0 aliphatic heterocycles. The quantitative estimate of drug-likeness (QED) is 0.115. The Kier molecular flexibility index (Phi) is 11.2. The van der Waals surface area contributed by atoms with E-state index < -0.39 is 27.9 Å². The number of nitrogens with zero attached hydrogens (tertiary/aromatic N) is 5. The number of nitrogen functional groups attached to an aromatic ring is 1. The number of amides is 2. The fourth-order valence-electron chi connectivity index (χ4n) is 4.24. The first-order valence-corrected chi connectivity index (χ1v) is 16.8. The normalized spacial score (nSPS) is 11.3. The van der Waals surface area contributed by atoms with Gasteiger partial charge < -0.3 is 21.1 Å². The first-order chi connectivity index (χ1) is 24.2. The number of carbonyl (C=O) groups excluding carboxylic acids is 1. The summed E-state index contributed by atoms with van der Waals surface area (Å²) in [7, 11) is -4.04. The molecular formula is C32H23BrClF3N8O5S. The van der Waals surface area contributed by atoms with Crippen LogP contribution in [0.3, 0.4) is 0 Å². The fourth-order valence-corrected chi connectivity index (χ4v) is 5.14. The van der Waals surface area contributed by atoms with Crippen molar-refractivity contribution in [2.45, 2.75) is 11.1 Å². The molecule has 3 heterocycles. The highest BCUT2D eigenvalue weighted by Crippen LogP contribution is 2.34. The number of rotatable bonds is 7. The van der Waals surface area contributed by atoms with Gasteiger partial charge in [-0.2, -0.15) is 26.7 Å². The molecule has 0 aliphatic rings. The van der Waals surface area contributed by atoms with Gasteiger partial charge in [-0.3, -0.25) is 4.55 Å². The number of benzene rings is 3. The van der Waals surface area contributed by atoms with Crippen LogP contribution < -0.4 is 21.1 Å². The molecule has 2 amide bonds. The zero-order valence-corrected chi connectivity index (χ0v) is 28.7. The molecule has 0 aliphatic carbocycles. The van der Waals surface area contributed by atoms with Crippen LogP contribution in [0.2, 0.25) is 5.02 Å². The van der Waals surface area contributed by atoms with Crippen molar-refractivity contribution in [3.8, 4) is 28.6 Å². The standard InChI is InChI=1S/C26H18ClF3N8O2.C6H5BrO3S/c27-17-11-20(23(31)32-12-17)15-2-5-19(6-3-15)40-25-33-13-18(14-34-25)36-24(39)37-21-10-16(26(28,29)30)4-7-22(21)38-9-1-8-35-38;7-5-1-3-6(4-2-5)11(8,9)10/h1-14H,(H2,31,32)(H2,36,37,39);1-4H,(H,8,9,10). The molecule has 19 heteroatoms. The van der Waals surface area contributed by atoms with E-state index in [1.807, 2.05) is 0 Å². The third-order valence-corrected chi connectivity index (χ3v) is 8.18. The highest BCUT2D eigenvalue weighted by Gasteiger charge is 2.31. The Morgan fingerprint density at radius 1 is 0.941 bits per heavy atom. The summed E-state index contributed by atoms with van der Waals surface area (Å²) in [6, 6.07) is 18.1. The number of aromatic nitrogens is 5. The summed E-state index contributed by atoms with van der Waals surface area (Å²) in [6.45, 7) is 0. The Labute approximate surface area is 301 Å². The summed E-state index contributed by atoms with van der Waals surface area (Å²) in [5.74, 6) is 0.769. The van der Waals surface area contributed by atoms with Crippen LogP contribution in [0.1, 0.15) is 5.56 Å². The zero-order chi connectivity index (χ0) is 36.8. The molecular weight excluding hydrogens is 781 g/mol. The molecule has 5 N–H and O–H groups in total. The Morgan fingerprint density at radius 3 is 2.24 bits per heavy atom. The highest BCUT2D eigenvalue weighted by atomic mass is 79.9. The number of hydrogen-bond acceptors (Lipinski definition) is 9. The van der Waals surface area contributed by atoms with Gasteiger partial charge in [-0.05, 0) is 72.3 Å². The van der Waals surface area contributed by atoms with Crippen molar-refractivity contribution in [2.75, 3.05) is 16.4 Å². The van der Waals surface area contributed by atoms with Crippen LogP contribution in [-0.2, 0) is 16.3 Å². The molecule has 0 atom stereocenters. The summed E-state index contributed by atoms with van der Waals surface area (Å²) in [6.07, 6.45) is 2.43. The number of anilines is 3. The van der Waals surface area contributed by atoms with Gasteiger partial charge in [-0.1, -0.05) is 39.7 Å². The second kappa shape index (κ2) is 15.5. The molecule has 51 heavy (non-hydrogen) atoms. The second-order valence-electron chi connectivity index (χ2n) is 10.2. The van der Waals surface area contributed by atoms with Crippen molar-refractivity contribution >= 4 is 60.9 Å². The molecule has 6 aromatic rings. The van der Waals surface area contributed by atoms with E-state index in [1.165, 1.54) is 53.9 Å². The van der Waals surface area contributed by atoms with Crippen LogP contribution in [0.25, 0.3) is 16.8 Å². The number of halogens is 5. The number of carbonyl (C=O) groups is 1. The SMILES string of the molecule is Nc1ncc(Cl)cc1-c1ccc(Oc2ncc(NC(=O)Nc3cc(C(F)(F)F)ccc3-n3cccn3)cn2)cc1.O=S(=O)(O)c1ccc(Br)cc1. The van der Waals surface area contributed by atoms with Crippen molar-refractivity contribution in [1.29, 1.82) is 0 Å². The van der Waals surface area contributed by atoms with Crippen LogP contribution >= 0.6 is 27.5 Å². The van der Waals surface area contributed by atoms with Crippen molar-refractivity contribution in [1.82, 2.24) is 24.7 Å². The van der Waals surface area contributed by atoms with E-state index in [9.17, 15) is 26.4 Å². The molecule has 0 unspecified atom stereocenters. The number of hydrogen-bond donors (Lipinski definition) is 4. The van der Waals surface area contributed by atoms with Gasteiger partial charge in [0, 0.05) is 28.6 Å².